The molecule has 0 radical (unpaired) electrons. The number of nitrogens with one attached hydrogen (secondary N) is 1. The third kappa shape index (κ3) is 7.70. The molecule has 226 valence electrons. The van der Waals surface area contributed by atoms with Crippen LogP contribution in [0.5, 0.6) is 11.5 Å². The summed E-state index contributed by atoms with van der Waals surface area (Å²) >= 11 is 0. The molecule has 5 atom stereocenters. The second-order valence-corrected chi connectivity index (χ2v) is 9.22. The van der Waals surface area contributed by atoms with Crippen LogP contribution in [0.2, 0.25) is 0 Å². The van der Waals surface area contributed by atoms with Crippen molar-refractivity contribution in [2.45, 2.75) is 43.7 Å². The molecule has 0 saturated carbocycles. The molecule has 2 aliphatic heterocycles. The van der Waals surface area contributed by atoms with Crippen molar-refractivity contribution < 1.29 is 55.6 Å². The summed E-state index contributed by atoms with van der Waals surface area (Å²) < 4.78 is 78.8. The van der Waals surface area contributed by atoms with E-state index in [4.69, 9.17) is 20.4 Å². The fraction of sp³-hybridized carbons (Fsp3) is 0.414. The van der Waals surface area contributed by atoms with Crippen molar-refractivity contribution >= 4 is 18.1 Å². The number of piperazine rings is 1. The molecule has 1 amide bonds. The van der Waals surface area contributed by atoms with Crippen LogP contribution in [0.1, 0.15) is 27.7 Å². The minimum absolute atomic E-state index is 0.0257. The number of benzene rings is 2. The number of carboxylic acid groups (broad SMARTS) is 1. The third-order valence-electron chi connectivity index (χ3n) is 6.19. The van der Waals surface area contributed by atoms with Crippen LogP contribution in [0.25, 0.3) is 0 Å². The highest BCUT2D eigenvalue weighted by molar-refractivity contribution is 5.86. The van der Waals surface area contributed by atoms with Crippen molar-refractivity contribution in [2.24, 2.45) is 5.10 Å². The number of hydrogen-bond donors (Lipinski definition) is 6. The van der Waals surface area contributed by atoms with E-state index < -0.39 is 87.4 Å². The molecule has 6 N–H and O–H groups in total. The van der Waals surface area contributed by atoms with E-state index in [0.717, 1.165) is 6.21 Å². The Labute approximate surface area is 254 Å². The van der Waals surface area contributed by atoms with E-state index in [1.54, 1.807) is 30.3 Å². The largest absolute Gasteiger partial charge is 0.507 e. The van der Waals surface area contributed by atoms with Gasteiger partial charge in [0.05, 0.1) is 12.8 Å². The van der Waals surface area contributed by atoms with E-state index in [-0.39, 0.29) is 28.2 Å². The molecule has 2 aromatic carbocycles. The van der Waals surface area contributed by atoms with E-state index in [2.05, 4.69) is 11.7 Å². The molecule has 42 heavy (non-hydrogen) atoms. The summed E-state index contributed by atoms with van der Waals surface area (Å²) in [5.41, 5.74) is 2.41. The topological polar surface area (TPSA) is 185 Å². The van der Waals surface area contributed by atoms with Gasteiger partial charge in [-0.3, -0.25) is 14.6 Å². The summed E-state index contributed by atoms with van der Waals surface area (Å²) in [5.74, 6) is -3.40. The fourth-order valence-corrected chi connectivity index (χ4v) is 4.04. The van der Waals surface area contributed by atoms with Gasteiger partial charge in [-0.05, 0) is 24.1 Å². The number of phenolic OH excluding ortho intramolecular Hbond substituents is 1. The van der Waals surface area contributed by atoms with Crippen LogP contribution in [0.15, 0.2) is 60.2 Å². The molecular weight excluding hydrogens is 548 g/mol. The van der Waals surface area contributed by atoms with Crippen LogP contribution in [-0.2, 0) is 27.3 Å². The van der Waals surface area contributed by atoms with Crippen molar-refractivity contribution in [1.29, 1.82) is 0 Å². The van der Waals surface area contributed by atoms with Gasteiger partial charge >= 0.3 is 5.97 Å². The Balaban J connectivity index is 1.51. The van der Waals surface area contributed by atoms with Crippen molar-refractivity contribution in [3.05, 3.63) is 71.8 Å². The number of aliphatic carboxylic acids is 1. The minimum atomic E-state index is -3.24. The van der Waals surface area contributed by atoms with E-state index in [1.165, 1.54) is 18.2 Å². The minimum Gasteiger partial charge on any atom is -0.507 e. The lowest BCUT2D eigenvalue weighted by Crippen LogP contribution is -2.61. The van der Waals surface area contributed by atoms with Crippen LogP contribution in [0.3, 0.4) is 0 Å². The van der Waals surface area contributed by atoms with Gasteiger partial charge < -0.3 is 35.0 Å². The number of hydrogen-bond acceptors (Lipinski definition) is 11. The zero-order valence-electron chi connectivity index (χ0n) is 30.1. The number of carboxylic acids is 1. The molecule has 13 heteroatoms. The molecule has 0 aliphatic carbocycles. The van der Waals surface area contributed by atoms with Crippen LogP contribution >= 0.6 is 0 Å². The Morgan fingerprint density at radius 3 is 2.43 bits per heavy atom. The molecule has 2 aliphatic rings. The van der Waals surface area contributed by atoms with Crippen LogP contribution in [0.4, 0.5) is 0 Å². The predicted molar refractivity (Wildman–Crippen MR) is 151 cm³/mol. The van der Waals surface area contributed by atoms with Crippen LogP contribution in [0, 0.1) is 0 Å². The number of aliphatic hydroxyl groups excluding tert-OH is 3. The molecule has 2 fully saturated rings. The summed E-state index contributed by atoms with van der Waals surface area (Å²) in [6, 6.07) is 10.5. The average molecular weight is 593 g/mol. The summed E-state index contributed by atoms with van der Waals surface area (Å²) in [5, 5.41) is 54.2. The number of phenols is 1. The van der Waals surface area contributed by atoms with Gasteiger partial charge in [0.2, 0.25) is 6.29 Å². The smallest absolute Gasteiger partial charge is 0.335 e. The molecule has 2 saturated heterocycles. The Hall–Kier alpha value is -3.85. The number of nitrogens with zero attached hydrogens (tertiary/aromatic N) is 3. The van der Waals surface area contributed by atoms with E-state index in [1.807, 2.05) is 5.43 Å². The lowest BCUT2D eigenvalue weighted by molar-refractivity contribution is -0.271. The first kappa shape index (κ1) is 21.8. The third-order valence-corrected chi connectivity index (χ3v) is 6.19. The molecule has 13 nitrogen and oxygen atoms in total. The highest BCUT2D eigenvalue weighted by Crippen LogP contribution is 2.34. The van der Waals surface area contributed by atoms with Crippen LogP contribution in [-0.4, -0.2) is 117 Å². The summed E-state index contributed by atoms with van der Waals surface area (Å²) in [6.45, 7) is -10.8. The van der Waals surface area contributed by atoms with Crippen molar-refractivity contribution in [1.82, 2.24) is 15.2 Å². The monoisotopic (exact) mass is 592 g/mol. The average Bonchev–Trinajstić information content (AvgIpc) is 3.04. The van der Waals surface area contributed by atoms with E-state index >= 15 is 0 Å². The lowest BCUT2D eigenvalue weighted by Gasteiger charge is -2.38. The van der Waals surface area contributed by atoms with E-state index in [0.29, 0.717) is 10.5 Å². The van der Waals surface area contributed by atoms with Gasteiger partial charge in [0.15, 0.2) is 6.10 Å². The molecule has 4 rings (SSSR count). The normalized spacial score (nSPS) is 32.9. The number of aromatic hydroxyl groups is 1. The lowest BCUT2D eigenvalue weighted by atomic mass is 9.99. The quantitative estimate of drug-likeness (QED) is 0.114. The number of carbonyl (C=O) groups excluding carboxylic acids is 1. The Bertz CT molecular complexity index is 1590. The number of allylic oxidation sites excluding steroid dienone is 1. The Kier molecular flexibility index (Phi) is 7.45. The molecule has 2 heterocycles. The molecule has 2 aromatic rings. The standard InChI is InChI=1S/C29H36N4O9/c1-2-6-20-21(41-29-26(38)24(36)25(37)27(42-29)28(39)40)10-9-19(23(20)35)15-30-31-22(34)17-33-13-11-32(12-14-33)16-18-7-4-3-5-8-18/h2-5,7-10,15,24-27,29,35-38H,1,6,11-14,16-17H2,(H,31,34)(H,39,40)/b30-15+/t24-,25-,26+,27-,29+/m0/s1/i11D2,12D2,13D2,14D2. The molecule has 0 spiro atoms. The number of aliphatic hydroxyl groups is 3. The van der Waals surface area contributed by atoms with Gasteiger partial charge in [-0.1, -0.05) is 36.4 Å². The summed E-state index contributed by atoms with van der Waals surface area (Å²) in [7, 11) is 0. The highest BCUT2D eigenvalue weighted by Gasteiger charge is 2.48. The number of amides is 1. The maximum absolute atomic E-state index is 12.9. The van der Waals surface area contributed by atoms with Gasteiger partial charge in [0.1, 0.15) is 29.8 Å². The predicted octanol–water partition coefficient (Wildman–Crippen LogP) is -0.340. The van der Waals surface area contributed by atoms with Gasteiger partial charge in [0.25, 0.3) is 5.91 Å². The molecule has 0 bridgehead atoms. The van der Waals surface area contributed by atoms with E-state index in [9.17, 15) is 35.1 Å². The van der Waals surface area contributed by atoms with Gasteiger partial charge in [0, 0.05) is 54.6 Å². The van der Waals surface area contributed by atoms with Crippen LogP contribution < -0.4 is 10.2 Å². The Morgan fingerprint density at radius 1 is 1.07 bits per heavy atom. The highest BCUT2D eigenvalue weighted by atomic mass is 16.7. The van der Waals surface area contributed by atoms with Crippen molar-refractivity contribution in [3.63, 3.8) is 0 Å². The summed E-state index contributed by atoms with van der Waals surface area (Å²) in [6.07, 6.45) is -7.25. The number of ether oxygens (including phenoxy) is 2. The zero-order chi connectivity index (χ0) is 37.4. The van der Waals surface area contributed by atoms with Gasteiger partial charge in [-0.2, -0.15) is 5.10 Å². The first-order valence-electron chi connectivity index (χ1n) is 16.7. The maximum Gasteiger partial charge on any atom is 0.335 e. The number of rotatable bonds is 11. The zero-order valence-corrected chi connectivity index (χ0v) is 22.1. The molecule has 0 unspecified atom stereocenters. The summed E-state index contributed by atoms with van der Waals surface area (Å²) in [4.78, 5) is 24.9. The van der Waals surface area contributed by atoms with Crippen molar-refractivity contribution in [3.8, 4) is 11.5 Å². The number of carbonyl (C=O) groups is 2. The fourth-order valence-electron chi connectivity index (χ4n) is 4.04. The SMILES string of the molecule is [2H]C1([2H])N(CC(=O)N/N=C/c2ccc(O[C@@H]3O[C@H](C(=O)O)[C@@H](O)[C@H](O)[C@H]3O)c(CC=C)c2O)C([2H])([2H])C([2H])([2H])N(Cc2ccccc2)C1([2H])[2H]. The molecular formula is C29H36N4O9. The first-order valence-corrected chi connectivity index (χ1v) is 12.7. The van der Waals surface area contributed by atoms with Crippen molar-refractivity contribution in [2.75, 3.05) is 32.5 Å². The second-order valence-electron chi connectivity index (χ2n) is 9.22. The second kappa shape index (κ2) is 14.4. The van der Waals surface area contributed by atoms with Gasteiger partial charge in [-0.25, -0.2) is 10.2 Å². The number of hydrazone groups is 1. The van der Waals surface area contributed by atoms with Gasteiger partial charge in [-0.15, -0.1) is 6.58 Å². The first-order chi connectivity index (χ1) is 23.2. The maximum atomic E-state index is 12.9. The molecule has 0 aromatic heterocycles. The Morgan fingerprint density at radius 2 is 1.76 bits per heavy atom.